The van der Waals surface area contributed by atoms with Gasteiger partial charge in [-0.1, -0.05) is 19.2 Å². The van der Waals surface area contributed by atoms with Crippen molar-refractivity contribution in [1.29, 1.82) is 0 Å². The van der Waals surface area contributed by atoms with E-state index >= 15 is 0 Å². The van der Waals surface area contributed by atoms with Crippen LogP contribution in [0, 0.1) is 17.8 Å². The Kier molecular flexibility index (Phi) is 8.09. The first-order valence-corrected chi connectivity index (χ1v) is 8.39. The third-order valence-corrected chi connectivity index (χ3v) is 4.69. The van der Waals surface area contributed by atoms with Gasteiger partial charge in [0, 0.05) is 13.0 Å². The average Bonchev–Trinajstić information content (AvgIpc) is 2.50. The molecule has 1 aliphatic rings. The first-order chi connectivity index (χ1) is 10.8. The molecule has 2 amide bonds. The molecule has 0 aromatic carbocycles. The Morgan fingerprint density at radius 1 is 1.30 bits per heavy atom. The van der Waals surface area contributed by atoms with Crippen LogP contribution in [0.1, 0.15) is 38.5 Å². The molecule has 0 bridgehead atoms. The van der Waals surface area contributed by atoms with E-state index in [0.29, 0.717) is 18.9 Å². The average molecular weight is 325 g/mol. The van der Waals surface area contributed by atoms with E-state index < -0.39 is 23.8 Å². The molecule has 0 spiro atoms. The van der Waals surface area contributed by atoms with Crippen molar-refractivity contribution in [2.75, 3.05) is 6.54 Å². The lowest BCUT2D eigenvalue weighted by atomic mass is 9.71. The van der Waals surface area contributed by atoms with Crippen LogP contribution in [0.4, 0.5) is 0 Å². The summed E-state index contributed by atoms with van der Waals surface area (Å²) in [6.45, 7) is 0.318. The summed E-state index contributed by atoms with van der Waals surface area (Å²) in [7, 11) is 2.11. The summed E-state index contributed by atoms with van der Waals surface area (Å²) >= 11 is 0. The summed E-state index contributed by atoms with van der Waals surface area (Å²) in [5.74, 6) is -1.65. The monoisotopic (exact) mass is 325 g/mol. The Bertz CT molecular complexity index is 433. The standard InChI is InChI=1S/C15H28BN3O4/c16-6-5-9-1-2-10(11(7-9)15(22)23)8-19-14(21)12(17)3-4-13(18)20/h9-12H,1-8,16-17H2,(H2,18,20)(H,19,21)(H,22,23)/t9-,10-,11-,12-/m0/s1. The summed E-state index contributed by atoms with van der Waals surface area (Å²) in [5, 5.41) is 12.2. The first-order valence-electron chi connectivity index (χ1n) is 8.39. The first kappa shape index (κ1) is 19.5. The fraction of sp³-hybridized carbons (Fsp3) is 0.800. The van der Waals surface area contributed by atoms with Gasteiger partial charge < -0.3 is 21.9 Å². The lowest BCUT2D eigenvalue weighted by Crippen LogP contribution is -2.45. The van der Waals surface area contributed by atoms with E-state index in [-0.39, 0.29) is 24.7 Å². The predicted octanol–water partition coefficient (Wildman–Crippen LogP) is -0.746. The second-order valence-electron chi connectivity index (χ2n) is 6.53. The van der Waals surface area contributed by atoms with Crippen LogP contribution < -0.4 is 16.8 Å². The van der Waals surface area contributed by atoms with Crippen molar-refractivity contribution in [2.24, 2.45) is 29.2 Å². The molecule has 0 unspecified atom stereocenters. The number of nitrogens with two attached hydrogens (primary N) is 2. The molecule has 1 rings (SSSR count). The zero-order chi connectivity index (χ0) is 17.4. The van der Waals surface area contributed by atoms with Crippen LogP contribution in [-0.2, 0) is 14.4 Å². The fourth-order valence-corrected chi connectivity index (χ4v) is 3.33. The van der Waals surface area contributed by atoms with Gasteiger partial charge >= 0.3 is 5.97 Å². The third-order valence-electron chi connectivity index (χ3n) is 4.69. The van der Waals surface area contributed by atoms with E-state index in [1.54, 1.807) is 0 Å². The maximum atomic E-state index is 11.9. The zero-order valence-electron chi connectivity index (χ0n) is 13.8. The van der Waals surface area contributed by atoms with Crippen molar-refractivity contribution in [3.63, 3.8) is 0 Å². The van der Waals surface area contributed by atoms with Gasteiger partial charge in [-0.3, -0.25) is 14.4 Å². The van der Waals surface area contributed by atoms with Gasteiger partial charge in [-0.25, -0.2) is 0 Å². The number of nitrogens with one attached hydrogen (secondary N) is 1. The van der Waals surface area contributed by atoms with E-state index in [1.807, 2.05) is 0 Å². The van der Waals surface area contributed by atoms with E-state index in [9.17, 15) is 19.5 Å². The summed E-state index contributed by atoms with van der Waals surface area (Å²) in [5.41, 5.74) is 10.7. The highest BCUT2D eigenvalue weighted by Gasteiger charge is 2.35. The van der Waals surface area contributed by atoms with Gasteiger partial charge in [0.05, 0.1) is 12.0 Å². The molecular formula is C15H28BN3O4. The van der Waals surface area contributed by atoms with Gasteiger partial charge in [0.1, 0.15) is 7.85 Å². The minimum Gasteiger partial charge on any atom is -0.481 e. The van der Waals surface area contributed by atoms with Gasteiger partial charge in [-0.05, 0) is 31.1 Å². The number of hydrogen-bond acceptors (Lipinski definition) is 4. The molecule has 8 heteroatoms. The van der Waals surface area contributed by atoms with Crippen LogP contribution in [-0.4, -0.2) is 43.3 Å². The van der Waals surface area contributed by atoms with Crippen LogP contribution in [0.2, 0.25) is 6.32 Å². The van der Waals surface area contributed by atoms with Crippen molar-refractivity contribution < 1.29 is 19.5 Å². The van der Waals surface area contributed by atoms with E-state index in [2.05, 4.69) is 13.2 Å². The number of primary amides is 1. The molecule has 1 saturated carbocycles. The fourth-order valence-electron chi connectivity index (χ4n) is 3.33. The van der Waals surface area contributed by atoms with Crippen molar-refractivity contribution in [3.05, 3.63) is 0 Å². The number of hydrogen-bond donors (Lipinski definition) is 4. The zero-order valence-corrected chi connectivity index (χ0v) is 13.8. The number of carbonyl (C=O) groups is 3. The molecular weight excluding hydrogens is 297 g/mol. The van der Waals surface area contributed by atoms with Gasteiger partial charge in [0.2, 0.25) is 11.8 Å². The highest BCUT2D eigenvalue weighted by Crippen LogP contribution is 2.36. The van der Waals surface area contributed by atoms with Crippen molar-refractivity contribution in [3.8, 4) is 0 Å². The SMILES string of the molecule is BCC[C@@H]1CC[C@@H](CNC(=O)[C@@H](N)CCC(N)=O)[C@@H](C(=O)O)C1. The predicted molar refractivity (Wildman–Crippen MR) is 89.3 cm³/mol. The molecule has 0 saturated heterocycles. The van der Waals surface area contributed by atoms with Crippen LogP contribution in [0.25, 0.3) is 0 Å². The molecule has 0 aromatic heterocycles. The second kappa shape index (κ2) is 9.55. The van der Waals surface area contributed by atoms with Gasteiger partial charge in [0.25, 0.3) is 0 Å². The number of amides is 2. The van der Waals surface area contributed by atoms with Gasteiger partial charge in [-0.2, -0.15) is 0 Å². The van der Waals surface area contributed by atoms with Gasteiger partial charge in [0.15, 0.2) is 0 Å². The summed E-state index contributed by atoms with van der Waals surface area (Å²) in [4.78, 5) is 34.1. The van der Waals surface area contributed by atoms with Crippen molar-refractivity contribution >= 4 is 25.6 Å². The van der Waals surface area contributed by atoms with Crippen molar-refractivity contribution in [1.82, 2.24) is 5.32 Å². The van der Waals surface area contributed by atoms with E-state index in [4.69, 9.17) is 11.5 Å². The molecule has 0 radical (unpaired) electrons. The van der Waals surface area contributed by atoms with Crippen molar-refractivity contribution in [2.45, 2.75) is 50.9 Å². The molecule has 6 N–H and O–H groups in total. The molecule has 0 aromatic rings. The number of carboxylic acids is 1. The Labute approximate surface area is 138 Å². The third kappa shape index (κ3) is 6.60. The maximum absolute atomic E-state index is 11.9. The number of rotatable bonds is 9. The van der Waals surface area contributed by atoms with E-state index in [0.717, 1.165) is 25.6 Å². The smallest absolute Gasteiger partial charge is 0.306 e. The molecule has 23 heavy (non-hydrogen) atoms. The van der Waals surface area contributed by atoms with Crippen LogP contribution >= 0.6 is 0 Å². The normalized spacial score (nSPS) is 25.5. The lowest BCUT2D eigenvalue weighted by molar-refractivity contribution is -0.146. The van der Waals surface area contributed by atoms with Gasteiger partial charge in [-0.15, -0.1) is 0 Å². The topological polar surface area (TPSA) is 136 Å². The summed E-state index contributed by atoms with van der Waals surface area (Å²) in [6.07, 6.45) is 4.87. The molecule has 7 nitrogen and oxygen atoms in total. The maximum Gasteiger partial charge on any atom is 0.306 e. The molecule has 1 fully saturated rings. The number of carboxylic acid groups (broad SMARTS) is 1. The quantitative estimate of drug-likeness (QED) is 0.414. The molecule has 0 heterocycles. The molecule has 130 valence electrons. The Morgan fingerprint density at radius 3 is 2.57 bits per heavy atom. The summed E-state index contributed by atoms with van der Waals surface area (Å²) in [6, 6.07) is -0.790. The number of carbonyl (C=O) groups excluding carboxylic acids is 2. The van der Waals surface area contributed by atoms with E-state index in [1.165, 1.54) is 0 Å². The highest BCUT2D eigenvalue weighted by atomic mass is 16.4. The molecule has 1 aliphatic carbocycles. The molecule has 0 aliphatic heterocycles. The largest absolute Gasteiger partial charge is 0.481 e. The Balaban J connectivity index is 2.47. The Hall–Kier alpha value is -1.57. The minimum absolute atomic E-state index is 0.0621. The summed E-state index contributed by atoms with van der Waals surface area (Å²) < 4.78 is 0. The lowest BCUT2D eigenvalue weighted by Gasteiger charge is -2.34. The Morgan fingerprint density at radius 2 is 2.00 bits per heavy atom. The van der Waals surface area contributed by atoms with Crippen LogP contribution in [0.5, 0.6) is 0 Å². The molecule has 4 atom stereocenters. The highest BCUT2D eigenvalue weighted by molar-refractivity contribution is 6.08. The van der Waals surface area contributed by atoms with Crippen LogP contribution in [0.3, 0.4) is 0 Å². The second-order valence-corrected chi connectivity index (χ2v) is 6.53. The number of aliphatic carboxylic acids is 1. The van der Waals surface area contributed by atoms with Crippen LogP contribution in [0.15, 0.2) is 0 Å². The minimum atomic E-state index is -0.790.